The van der Waals surface area contributed by atoms with E-state index in [0.29, 0.717) is 17.5 Å². The maximum absolute atomic E-state index is 11.1. The van der Waals surface area contributed by atoms with E-state index in [4.69, 9.17) is 5.11 Å². The summed E-state index contributed by atoms with van der Waals surface area (Å²) in [6.45, 7) is 3.82. The molecule has 0 atom stereocenters. The summed E-state index contributed by atoms with van der Waals surface area (Å²) in [7, 11) is 0. The first-order valence-corrected chi connectivity index (χ1v) is 5.26. The molecule has 0 aliphatic heterocycles. The van der Waals surface area contributed by atoms with Crippen LogP contribution >= 0.6 is 0 Å². The maximum Gasteiger partial charge on any atom is 0.336 e. The van der Waals surface area contributed by atoms with Gasteiger partial charge in [0.15, 0.2) is 0 Å². The van der Waals surface area contributed by atoms with Crippen molar-refractivity contribution in [1.82, 2.24) is 15.2 Å². The molecule has 2 heterocycles. The van der Waals surface area contributed by atoms with E-state index in [1.165, 1.54) is 12.3 Å². The van der Waals surface area contributed by atoms with Crippen molar-refractivity contribution in [2.45, 2.75) is 20.3 Å². The van der Waals surface area contributed by atoms with Gasteiger partial charge in [0.05, 0.1) is 11.3 Å². The number of carboxylic acids is 1. The van der Waals surface area contributed by atoms with E-state index < -0.39 is 5.97 Å². The summed E-state index contributed by atoms with van der Waals surface area (Å²) < 4.78 is 0. The molecule has 0 saturated heterocycles. The minimum absolute atomic E-state index is 0.292. The molecule has 88 valence electrons. The van der Waals surface area contributed by atoms with E-state index in [0.717, 1.165) is 17.0 Å². The zero-order valence-corrected chi connectivity index (χ0v) is 9.69. The van der Waals surface area contributed by atoms with Crippen LogP contribution in [-0.4, -0.2) is 26.3 Å². The normalized spacial score (nSPS) is 10.5. The summed E-state index contributed by atoms with van der Waals surface area (Å²) in [5.41, 5.74) is 3.87. The van der Waals surface area contributed by atoms with Crippen LogP contribution in [0.3, 0.4) is 0 Å². The minimum atomic E-state index is -0.929. The van der Waals surface area contributed by atoms with Crippen LogP contribution in [0.4, 0.5) is 0 Å². The Labute approximate surface area is 98.5 Å². The highest BCUT2D eigenvalue weighted by Crippen LogP contribution is 2.17. The smallest absolute Gasteiger partial charge is 0.336 e. The van der Waals surface area contributed by atoms with E-state index >= 15 is 0 Å². The van der Waals surface area contributed by atoms with Gasteiger partial charge in [0.1, 0.15) is 0 Å². The first-order chi connectivity index (χ1) is 8.09. The molecule has 0 fully saturated rings. The Hall–Kier alpha value is -2.17. The van der Waals surface area contributed by atoms with Crippen LogP contribution in [0.2, 0.25) is 0 Å². The first-order valence-electron chi connectivity index (χ1n) is 5.26. The number of aromatic carboxylic acids is 1. The molecule has 0 aromatic carbocycles. The van der Waals surface area contributed by atoms with Crippen LogP contribution in [0.25, 0.3) is 0 Å². The van der Waals surface area contributed by atoms with Crippen LogP contribution < -0.4 is 0 Å². The number of rotatable bonds is 3. The summed E-state index contributed by atoms with van der Waals surface area (Å²) in [5.74, 6) is -0.929. The van der Waals surface area contributed by atoms with Gasteiger partial charge in [-0.15, -0.1) is 0 Å². The molecule has 2 aromatic heterocycles. The monoisotopic (exact) mass is 231 g/mol. The maximum atomic E-state index is 11.1. The van der Waals surface area contributed by atoms with Gasteiger partial charge in [-0.1, -0.05) is 0 Å². The second-order valence-electron chi connectivity index (χ2n) is 3.93. The molecule has 0 unspecified atom stereocenters. The average Bonchev–Trinajstić information content (AvgIpc) is 2.61. The number of aromatic amines is 1. The van der Waals surface area contributed by atoms with Gasteiger partial charge >= 0.3 is 5.97 Å². The largest absolute Gasteiger partial charge is 0.478 e. The van der Waals surface area contributed by atoms with E-state index in [1.807, 2.05) is 13.8 Å². The molecule has 5 nitrogen and oxygen atoms in total. The van der Waals surface area contributed by atoms with Gasteiger partial charge in [-0.2, -0.15) is 5.10 Å². The van der Waals surface area contributed by atoms with E-state index in [9.17, 15) is 4.79 Å². The SMILES string of the molecule is Cc1n[nH]c(C)c1Cc1cnccc1C(=O)O. The van der Waals surface area contributed by atoms with Crippen molar-refractivity contribution >= 4 is 5.97 Å². The van der Waals surface area contributed by atoms with Crippen molar-refractivity contribution in [3.05, 3.63) is 46.5 Å². The van der Waals surface area contributed by atoms with Crippen molar-refractivity contribution in [2.75, 3.05) is 0 Å². The third-order valence-electron chi connectivity index (χ3n) is 2.78. The Kier molecular flexibility index (Phi) is 2.91. The highest BCUT2D eigenvalue weighted by atomic mass is 16.4. The molecule has 0 bridgehead atoms. The Morgan fingerprint density at radius 2 is 2.24 bits per heavy atom. The summed E-state index contributed by atoms with van der Waals surface area (Å²) in [4.78, 5) is 15.0. The quantitative estimate of drug-likeness (QED) is 0.842. The van der Waals surface area contributed by atoms with Crippen LogP contribution in [-0.2, 0) is 6.42 Å². The van der Waals surface area contributed by atoms with Crippen LogP contribution in [0.1, 0.15) is 32.9 Å². The Morgan fingerprint density at radius 1 is 1.47 bits per heavy atom. The molecular formula is C12H13N3O2. The molecule has 0 saturated carbocycles. The fourth-order valence-electron chi connectivity index (χ4n) is 1.80. The molecule has 0 spiro atoms. The fraction of sp³-hybridized carbons (Fsp3) is 0.250. The number of nitrogens with one attached hydrogen (secondary N) is 1. The summed E-state index contributed by atoms with van der Waals surface area (Å²) in [5, 5.41) is 16.1. The fourth-order valence-corrected chi connectivity index (χ4v) is 1.80. The zero-order valence-electron chi connectivity index (χ0n) is 9.69. The molecule has 0 radical (unpaired) electrons. The molecule has 2 rings (SSSR count). The molecule has 2 aromatic rings. The number of aromatic nitrogens is 3. The number of pyridine rings is 1. The number of aryl methyl sites for hydroxylation is 2. The lowest BCUT2D eigenvalue weighted by molar-refractivity contribution is 0.0695. The van der Waals surface area contributed by atoms with Gasteiger partial charge in [0.2, 0.25) is 0 Å². The third kappa shape index (κ3) is 2.18. The number of hydrogen-bond donors (Lipinski definition) is 2. The number of H-pyrrole nitrogens is 1. The summed E-state index contributed by atoms with van der Waals surface area (Å²) in [6.07, 6.45) is 3.61. The highest BCUT2D eigenvalue weighted by molar-refractivity contribution is 5.89. The molecule has 2 N–H and O–H groups in total. The molecule has 5 heteroatoms. The van der Waals surface area contributed by atoms with Crippen molar-refractivity contribution in [2.24, 2.45) is 0 Å². The number of nitrogens with zero attached hydrogens (tertiary/aromatic N) is 2. The lowest BCUT2D eigenvalue weighted by Crippen LogP contribution is -2.04. The lowest BCUT2D eigenvalue weighted by atomic mass is 10.0. The minimum Gasteiger partial charge on any atom is -0.478 e. The average molecular weight is 231 g/mol. The Balaban J connectivity index is 2.40. The summed E-state index contributed by atoms with van der Waals surface area (Å²) in [6, 6.07) is 1.52. The predicted octanol–water partition coefficient (Wildman–Crippen LogP) is 1.71. The van der Waals surface area contributed by atoms with Gasteiger partial charge in [-0.05, 0) is 25.5 Å². The highest BCUT2D eigenvalue weighted by Gasteiger charge is 2.13. The molecule has 0 aliphatic carbocycles. The van der Waals surface area contributed by atoms with Crippen LogP contribution in [0.5, 0.6) is 0 Å². The molecular weight excluding hydrogens is 218 g/mol. The van der Waals surface area contributed by atoms with Gasteiger partial charge < -0.3 is 5.11 Å². The summed E-state index contributed by atoms with van der Waals surface area (Å²) >= 11 is 0. The van der Waals surface area contributed by atoms with Gasteiger partial charge in [-0.3, -0.25) is 10.1 Å². The number of carboxylic acid groups (broad SMARTS) is 1. The van der Waals surface area contributed by atoms with Crippen molar-refractivity contribution in [3.63, 3.8) is 0 Å². The molecule has 0 amide bonds. The van der Waals surface area contributed by atoms with Crippen LogP contribution in [0.15, 0.2) is 18.5 Å². The van der Waals surface area contributed by atoms with Crippen molar-refractivity contribution < 1.29 is 9.90 Å². The second kappa shape index (κ2) is 4.37. The molecule has 0 aliphatic rings. The Bertz CT molecular complexity index is 541. The lowest BCUT2D eigenvalue weighted by Gasteiger charge is -2.05. The van der Waals surface area contributed by atoms with Crippen LogP contribution in [0, 0.1) is 13.8 Å². The topological polar surface area (TPSA) is 78.9 Å². The van der Waals surface area contributed by atoms with Gasteiger partial charge in [-0.25, -0.2) is 4.79 Å². The van der Waals surface area contributed by atoms with Crippen molar-refractivity contribution in [1.29, 1.82) is 0 Å². The first kappa shape index (κ1) is 11.3. The number of carbonyl (C=O) groups is 1. The van der Waals surface area contributed by atoms with E-state index in [-0.39, 0.29) is 0 Å². The second-order valence-corrected chi connectivity index (χ2v) is 3.93. The predicted molar refractivity (Wildman–Crippen MR) is 62.1 cm³/mol. The van der Waals surface area contributed by atoms with E-state index in [2.05, 4.69) is 15.2 Å². The third-order valence-corrected chi connectivity index (χ3v) is 2.78. The number of hydrogen-bond acceptors (Lipinski definition) is 3. The molecule has 17 heavy (non-hydrogen) atoms. The van der Waals surface area contributed by atoms with Crippen molar-refractivity contribution in [3.8, 4) is 0 Å². The Morgan fingerprint density at radius 3 is 2.82 bits per heavy atom. The standard InChI is InChI=1S/C12H13N3O2/c1-7-11(8(2)15-14-7)5-9-6-13-4-3-10(9)12(16)17/h3-4,6H,5H2,1-2H3,(H,14,15)(H,16,17). The van der Waals surface area contributed by atoms with Gasteiger partial charge in [0.25, 0.3) is 0 Å². The van der Waals surface area contributed by atoms with E-state index in [1.54, 1.807) is 6.20 Å². The zero-order chi connectivity index (χ0) is 12.4. The van der Waals surface area contributed by atoms with Gasteiger partial charge in [0, 0.05) is 30.1 Å².